The second kappa shape index (κ2) is 9.36. The molecule has 0 aliphatic heterocycles. The number of aromatic nitrogens is 2. The predicted octanol–water partition coefficient (Wildman–Crippen LogP) is 3.58. The van der Waals surface area contributed by atoms with Crippen LogP contribution in [0.2, 0.25) is 5.02 Å². The van der Waals surface area contributed by atoms with Crippen molar-refractivity contribution in [3.8, 4) is 16.9 Å². The molecule has 3 aromatic rings. The van der Waals surface area contributed by atoms with E-state index in [4.69, 9.17) is 11.6 Å². The third-order valence-electron chi connectivity index (χ3n) is 4.71. The summed E-state index contributed by atoms with van der Waals surface area (Å²) in [6, 6.07) is 9.74. The van der Waals surface area contributed by atoms with Gasteiger partial charge in [0, 0.05) is 16.7 Å². The van der Waals surface area contributed by atoms with Gasteiger partial charge in [-0.05, 0) is 36.2 Å². The molecule has 0 spiro atoms. The summed E-state index contributed by atoms with van der Waals surface area (Å²) in [5.41, 5.74) is -0.567. The molecule has 0 saturated carbocycles. The second-order valence-electron chi connectivity index (χ2n) is 7.30. The molecule has 0 aliphatic rings. The minimum Gasteiger partial charge on any atom is -0.394 e. The minimum atomic E-state index is -0.897. The summed E-state index contributed by atoms with van der Waals surface area (Å²) in [6.07, 6.45) is 0. The fourth-order valence-electron chi connectivity index (χ4n) is 2.92. The molecule has 0 aliphatic carbocycles. The molecule has 162 valence electrons. The molecule has 0 bridgehead atoms. The monoisotopic (exact) mass is 447 g/mol. The number of carbonyl (C=O) groups excluding carboxylic acids is 1. The molecule has 1 heterocycles. The molecule has 31 heavy (non-hydrogen) atoms. The number of hydrogen-bond donors (Lipinski definition) is 2. The van der Waals surface area contributed by atoms with Gasteiger partial charge in [0.25, 0.3) is 11.5 Å². The third kappa shape index (κ3) is 5.15. The van der Waals surface area contributed by atoms with Crippen molar-refractivity contribution in [1.82, 2.24) is 15.1 Å². The van der Waals surface area contributed by atoms with Gasteiger partial charge in [0.2, 0.25) is 0 Å². The normalized spacial score (nSPS) is 12.1. The molecule has 3 rings (SSSR count). The smallest absolute Gasteiger partial charge is 0.284 e. The summed E-state index contributed by atoms with van der Waals surface area (Å²) in [6.45, 7) is 3.29. The van der Waals surface area contributed by atoms with Gasteiger partial charge in [-0.15, -0.1) is 0 Å². The number of halogens is 3. The first-order chi connectivity index (χ1) is 14.7. The Bertz CT molecular complexity index is 1140. The Kier molecular flexibility index (Phi) is 6.82. The Hall–Kier alpha value is -3.10. The highest BCUT2D eigenvalue weighted by Crippen LogP contribution is 2.21. The van der Waals surface area contributed by atoms with Crippen molar-refractivity contribution in [3.63, 3.8) is 0 Å². The van der Waals surface area contributed by atoms with Gasteiger partial charge in [0.05, 0.1) is 24.0 Å². The maximum Gasteiger partial charge on any atom is 0.284 e. The van der Waals surface area contributed by atoms with Gasteiger partial charge < -0.3 is 10.4 Å². The number of rotatable bonds is 6. The van der Waals surface area contributed by atoms with Crippen LogP contribution in [0.5, 0.6) is 0 Å². The summed E-state index contributed by atoms with van der Waals surface area (Å²) < 4.78 is 28.3. The highest BCUT2D eigenvalue weighted by Gasteiger charge is 2.22. The second-order valence-corrected chi connectivity index (χ2v) is 7.74. The first kappa shape index (κ1) is 22.6. The van der Waals surface area contributed by atoms with E-state index in [0.29, 0.717) is 16.7 Å². The molecule has 1 atom stereocenters. The number of amides is 1. The third-order valence-corrected chi connectivity index (χ3v) is 4.96. The van der Waals surface area contributed by atoms with Gasteiger partial charge in [0.1, 0.15) is 17.2 Å². The van der Waals surface area contributed by atoms with Crippen molar-refractivity contribution in [2.45, 2.75) is 19.9 Å². The summed E-state index contributed by atoms with van der Waals surface area (Å²) in [7, 11) is 0. The predicted molar refractivity (Wildman–Crippen MR) is 113 cm³/mol. The van der Waals surface area contributed by atoms with Crippen LogP contribution in [-0.4, -0.2) is 33.4 Å². The van der Waals surface area contributed by atoms with Crippen molar-refractivity contribution in [3.05, 3.63) is 81.1 Å². The van der Waals surface area contributed by atoms with E-state index in [9.17, 15) is 23.5 Å². The molecular weight excluding hydrogens is 428 g/mol. The van der Waals surface area contributed by atoms with Crippen molar-refractivity contribution in [2.24, 2.45) is 5.92 Å². The van der Waals surface area contributed by atoms with Crippen LogP contribution in [0.4, 0.5) is 8.78 Å². The van der Waals surface area contributed by atoms with Crippen molar-refractivity contribution in [2.75, 3.05) is 6.61 Å². The molecule has 1 unspecified atom stereocenters. The fraction of sp³-hybridized carbons (Fsp3) is 0.227. The fourth-order valence-corrected chi connectivity index (χ4v) is 3.05. The van der Waals surface area contributed by atoms with Crippen LogP contribution in [0.3, 0.4) is 0 Å². The van der Waals surface area contributed by atoms with Crippen molar-refractivity contribution >= 4 is 17.5 Å². The van der Waals surface area contributed by atoms with Gasteiger partial charge in [-0.1, -0.05) is 37.6 Å². The summed E-state index contributed by atoms with van der Waals surface area (Å²) in [5.74, 6) is -2.62. The van der Waals surface area contributed by atoms with Crippen LogP contribution in [0.15, 0.2) is 53.3 Å². The Morgan fingerprint density at radius 2 is 1.74 bits per heavy atom. The number of aliphatic hydroxyl groups is 1. The van der Waals surface area contributed by atoms with Crippen LogP contribution in [0, 0.1) is 17.6 Å². The average Bonchev–Trinajstić information content (AvgIpc) is 2.71. The Labute approximate surface area is 182 Å². The molecule has 9 heteroatoms. The van der Waals surface area contributed by atoms with Crippen molar-refractivity contribution < 1.29 is 18.7 Å². The zero-order valence-electron chi connectivity index (χ0n) is 16.8. The van der Waals surface area contributed by atoms with Gasteiger partial charge in [0.15, 0.2) is 0 Å². The standard InChI is InChI=1S/C22H20ClF2N3O3/c1-12(2)20(11-29)26-21(30)18-10-19(13-3-5-14(23)6-4-13)27-28(22(18)31)17-8-15(24)7-16(25)9-17/h3-10,12,20,29H,11H2,1-2H3,(H,26,30). The average molecular weight is 448 g/mol. The highest BCUT2D eigenvalue weighted by molar-refractivity contribution is 6.30. The first-order valence-corrected chi connectivity index (χ1v) is 9.86. The van der Waals surface area contributed by atoms with Gasteiger partial charge in [-0.2, -0.15) is 9.78 Å². The molecule has 0 radical (unpaired) electrons. The number of hydrogen-bond acceptors (Lipinski definition) is 4. The number of aliphatic hydroxyl groups excluding tert-OH is 1. The topological polar surface area (TPSA) is 84.2 Å². The quantitative estimate of drug-likeness (QED) is 0.605. The first-order valence-electron chi connectivity index (χ1n) is 9.48. The Balaban J connectivity index is 2.19. The Morgan fingerprint density at radius 1 is 1.13 bits per heavy atom. The maximum atomic E-state index is 13.8. The number of carbonyl (C=O) groups is 1. The van der Waals surface area contributed by atoms with E-state index in [1.165, 1.54) is 6.07 Å². The van der Waals surface area contributed by atoms with Crippen LogP contribution in [0.1, 0.15) is 24.2 Å². The van der Waals surface area contributed by atoms with Crippen molar-refractivity contribution in [1.29, 1.82) is 0 Å². The number of benzene rings is 2. The van der Waals surface area contributed by atoms with Crippen LogP contribution in [0.25, 0.3) is 16.9 Å². The maximum absolute atomic E-state index is 13.8. The van der Waals surface area contributed by atoms with Crippen LogP contribution >= 0.6 is 11.6 Å². The van der Waals surface area contributed by atoms with Crippen LogP contribution in [-0.2, 0) is 0 Å². The lowest BCUT2D eigenvalue weighted by molar-refractivity contribution is 0.0894. The molecule has 2 N–H and O–H groups in total. The van der Waals surface area contributed by atoms with E-state index in [-0.39, 0.29) is 29.5 Å². The molecule has 6 nitrogen and oxygen atoms in total. The van der Waals surface area contributed by atoms with Gasteiger partial charge in [-0.3, -0.25) is 9.59 Å². The molecule has 1 amide bonds. The van der Waals surface area contributed by atoms with Gasteiger partial charge >= 0.3 is 0 Å². The van der Waals surface area contributed by atoms with E-state index in [2.05, 4.69) is 10.4 Å². The summed E-state index contributed by atoms with van der Waals surface area (Å²) in [5, 5.41) is 16.8. The molecular formula is C22H20ClF2N3O3. The summed E-state index contributed by atoms with van der Waals surface area (Å²) >= 11 is 5.92. The van der Waals surface area contributed by atoms with E-state index in [1.54, 1.807) is 38.1 Å². The van der Waals surface area contributed by atoms with E-state index in [0.717, 1.165) is 16.8 Å². The van der Waals surface area contributed by atoms with E-state index < -0.39 is 29.1 Å². The molecule has 1 aromatic heterocycles. The molecule has 2 aromatic carbocycles. The molecule has 0 fully saturated rings. The Morgan fingerprint density at radius 3 is 2.29 bits per heavy atom. The SMILES string of the molecule is CC(C)C(CO)NC(=O)c1cc(-c2ccc(Cl)cc2)nn(-c2cc(F)cc(F)c2)c1=O. The van der Waals surface area contributed by atoms with Crippen LogP contribution < -0.4 is 10.9 Å². The zero-order chi connectivity index (χ0) is 22.7. The van der Waals surface area contributed by atoms with E-state index in [1.807, 2.05) is 0 Å². The largest absolute Gasteiger partial charge is 0.394 e. The minimum absolute atomic E-state index is 0.0916. The van der Waals surface area contributed by atoms with E-state index >= 15 is 0 Å². The molecule has 0 saturated heterocycles. The number of nitrogens with zero attached hydrogens (tertiary/aromatic N) is 2. The van der Waals surface area contributed by atoms with Gasteiger partial charge in [-0.25, -0.2) is 8.78 Å². The lowest BCUT2D eigenvalue weighted by Gasteiger charge is -2.20. The lowest BCUT2D eigenvalue weighted by Crippen LogP contribution is -2.43. The zero-order valence-corrected chi connectivity index (χ0v) is 17.5. The lowest BCUT2D eigenvalue weighted by atomic mass is 10.0. The summed E-state index contributed by atoms with van der Waals surface area (Å²) in [4.78, 5) is 25.9. The number of nitrogens with one attached hydrogen (secondary N) is 1. The highest BCUT2D eigenvalue weighted by atomic mass is 35.5.